The lowest BCUT2D eigenvalue weighted by Gasteiger charge is -2.56. The molecule has 33 heavy (non-hydrogen) atoms. The van der Waals surface area contributed by atoms with Gasteiger partial charge in [0.2, 0.25) is 0 Å². The Labute approximate surface area is 195 Å². The zero-order valence-electron chi connectivity index (χ0n) is 17.8. The van der Waals surface area contributed by atoms with E-state index in [1.807, 2.05) is 0 Å². The van der Waals surface area contributed by atoms with Crippen molar-refractivity contribution in [2.75, 3.05) is 6.61 Å². The molecule has 2 aromatic rings. The molecule has 3 saturated carbocycles. The number of aliphatic hydroxyl groups is 2. The van der Waals surface area contributed by atoms with E-state index >= 15 is 0 Å². The molecule has 1 heterocycles. The van der Waals surface area contributed by atoms with E-state index in [0.29, 0.717) is 37.8 Å². The molecule has 0 aliphatic heterocycles. The van der Waals surface area contributed by atoms with Crippen molar-refractivity contribution in [3.05, 3.63) is 58.6 Å². The van der Waals surface area contributed by atoms with Gasteiger partial charge in [0.1, 0.15) is 17.3 Å². The van der Waals surface area contributed by atoms with Crippen molar-refractivity contribution >= 4 is 23.4 Å². The first kappa shape index (κ1) is 23.4. The van der Waals surface area contributed by atoms with Crippen LogP contribution in [0.4, 0.5) is 4.39 Å². The molecular weight excluding hydrogens is 453 g/mol. The molecule has 2 bridgehead atoms. The molecule has 1 atom stereocenters. The van der Waals surface area contributed by atoms with E-state index in [-0.39, 0.29) is 35.6 Å². The Morgan fingerprint density at radius 2 is 1.94 bits per heavy atom. The van der Waals surface area contributed by atoms with Gasteiger partial charge >= 0.3 is 0 Å². The number of aromatic nitrogens is 1. The maximum absolute atomic E-state index is 13.5. The van der Waals surface area contributed by atoms with Crippen LogP contribution in [-0.2, 0) is 11.4 Å². The number of halogens is 2. The van der Waals surface area contributed by atoms with Gasteiger partial charge in [0, 0.05) is 11.6 Å². The highest BCUT2D eigenvalue weighted by atomic mass is 35.5. The number of amides is 2. The monoisotopic (exact) mass is 477 g/mol. The highest BCUT2D eigenvalue weighted by molar-refractivity contribution is 6.30. The predicted octanol–water partition coefficient (Wildman–Crippen LogP) is 2.11. The largest absolute Gasteiger partial charge is 0.484 e. The number of pyridine rings is 1. The van der Waals surface area contributed by atoms with E-state index in [2.05, 4.69) is 15.6 Å². The lowest BCUT2D eigenvalue weighted by atomic mass is 9.60. The van der Waals surface area contributed by atoms with Gasteiger partial charge < -0.3 is 25.6 Å². The van der Waals surface area contributed by atoms with E-state index in [1.165, 1.54) is 12.1 Å². The first-order chi connectivity index (χ1) is 15.7. The van der Waals surface area contributed by atoms with Crippen LogP contribution in [0.5, 0.6) is 5.75 Å². The summed E-state index contributed by atoms with van der Waals surface area (Å²) in [7, 11) is 0. The van der Waals surface area contributed by atoms with Crippen LogP contribution in [0.25, 0.3) is 0 Å². The molecule has 1 aromatic heterocycles. The molecule has 1 aromatic carbocycles. The second kappa shape index (κ2) is 9.24. The van der Waals surface area contributed by atoms with Gasteiger partial charge in [-0.1, -0.05) is 17.7 Å². The first-order valence-corrected chi connectivity index (χ1v) is 11.1. The highest BCUT2D eigenvalue weighted by Gasteiger charge is 2.55. The first-order valence-electron chi connectivity index (χ1n) is 10.7. The van der Waals surface area contributed by atoms with E-state index in [9.17, 15) is 24.2 Å². The number of rotatable bonds is 7. The minimum atomic E-state index is -0.853. The third-order valence-electron chi connectivity index (χ3n) is 6.55. The number of hydrogen-bond donors (Lipinski definition) is 4. The van der Waals surface area contributed by atoms with E-state index in [4.69, 9.17) is 16.3 Å². The topological polar surface area (TPSA) is 121 Å². The van der Waals surface area contributed by atoms with Gasteiger partial charge in [0.15, 0.2) is 6.61 Å². The molecule has 3 aliphatic rings. The van der Waals surface area contributed by atoms with Crippen molar-refractivity contribution in [1.29, 1.82) is 0 Å². The molecule has 10 heteroatoms. The molecule has 0 spiro atoms. The molecule has 3 aliphatic carbocycles. The Kier molecular flexibility index (Phi) is 6.56. The highest BCUT2D eigenvalue weighted by Crippen LogP contribution is 2.47. The van der Waals surface area contributed by atoms with Crippen LogP contribution in [0.3, 0.4) is 0 Å². The van der Waals surface area contributed by atoms with Crippen molar-refractivity contribution in [3.8, 4) is 5.75 Å². The smallest absolute Gasteiger partial charge is 0.270 e. The summed E-state index contributed by atoms with van der Waals surface area (Å²) in [5.74, 6) is -1.25. The number of benzene rings is 1. The summed E-state index contributed by atoms with van der Waals surface area (Å²) in [6.07, 6.45) is 1.58. The minimum Gasteiger partial charge on any atom is -0.484 e. The maximum Gasteiger partial charge on any atom is 0.270 e. The minimum absolute atomic E-state index is 0.0364. The van der Waals surface area contributed by atoms with Crippen molar-refractivity contribution in [3.63, 3.8) is 0 Å². The Morgan fingerprint density at radius 1 is 1.18 bits per heavy atom. The standard InChI is InChI=1S/C23H25ClFN3O5/c24-16-5-4-15(10-17(16)25)33-13-20(31)27-23-8-6-22(7-9-23,11-19(23)30)28-21(32)18-3-1-2-14(12-29)26-18/h1-5,10,19,29-30H,6-9,11-13H2,(H,27,31)(H,28,32). The third-order valence-corrected chi connectivity index (χ3v) is 6.86. The van der Waals surface area contributed by atoms with Crippen LogP contribution in [0.2, 0.25) is 5.02 Å². The van der Waals surface area contributed by atoms with Gasteiger partial charge in [-0.15, -0.1) is 0 Å². The van der Waals surface area contributed by atoms with Crippen LogP contribution >= 0.6 is 11.6 Å². The maximum atomic E-state index is 13.5. The molecule has 0 radical (unpaired) electrons. The number of nitrogens with one attached hydrogen (secondary N) is 2. The number of nitrogens with zero attached hydrogens (tertiary/aromatic N) is 1. The summed E-state index contributed by atoms with van der Waals surface area (Å²) >= 11 is 5.64. The number of aliphatic hydroxyl groups excluding tert-OH is 2. The Bertz CT molecular complexity index is 1060. The molecule has 8 nitrogen and oxygen atoms in total. The zero-order valence-corrected chi connectivity index (χ0v) is 18.6. The van der Waals surface area contributed by atoms with Crippen LogP contribution < -0.4 is 15.4 Å². The van der Waals surface area contributed by atoms with Crippen LogP contribution in [0, 0.1) is 5.82 Å². The number of carbonyl (C=O) groups excluding carboxylic acids is 2. The number of ether oxygens (including phenoxy) is 1. The molecule has 2 amide bonds. The predicted molar refractivity (Wildman–Crippen MR) is 117 cm³/mol. The normalized spacial score (nSPS) is 26.0. The second-order valence-corrected chi connectivity index (χ2v) is 9.10. The zero-order chi connectivity index (χ0) is 23.6. The number of hydrogen-bond acceptors (Lipinski definition) is 6. The summed E-state index contributed by atoms with van der Waals surface area (Å²) in [6.45, 7) is -0.589. The Morgan fingerprint density at radius 3 is 2.61 bits per heavy atom. The summed E-state index contributed by atoms with van der Waals surface area (Å²) in [6, 6.07) is 8.77. The van der Waals surface area contributed by atoms with Gasteiger partial charge in [-0.25, -0.2) is 9.37 Å². The summed E-state index contributed by atoms with van der Waals surface area (Å²) in [5, 5.41) is 26.0. The van der Waals surface area contributed by atoms with Crippen molar-refractivity contribution in [2.24, 2.45) is 0 Å². The van der Waals surface area contributed by atoms with Gasteiger partial charge in [-0.2, -0.15) is 0 Å². The Balaban J connectivity index is 1.35. The average Bonchev–Trinajstić information content (AvgIpc) is 2.81. The molecular formula is C23H25ClFN3O5. The van der Waals surface area contributed by atoms with Gasteiger partial charge in [-0.05, 0) is 56.4 Å². The van der Waals surface area contributed by atoms with Gasteiger partial charge in [0.05, 0.1) is 29.0 Å². The Hall–Kier alpha value is -2.75. The van der Waals surface area contributed by atoms with Gasteiger partial charge in [-0.3, -0.25) is 9.59 Å². The van der Waals surface area contributed by atoms with E-state index in [0.717, 1.165) is 6.07 Å². The summed E-state index contributed by atoms with van der Waals surface area (Å²) < 4.78 is 18.9. The van der Waals surface area contributed by atoms with Gasteiger partial charge in [0.25, 0.3) is 11.8 Å². The molecule has 5 rings (SSSR count). The third kappa shape index (κ3) is 4.95. The van der Waals surface area contributed by atoms with Crippen molar-refractivity contribution in [2.45, 2.75) is 55.9 Å². The van der Waals surface area contributed by atoms with E-state index < -0.39 is 28.9 Å². The second-order valence-electron chi connectivity index (χ2n) is 8.70. The van der Waals surface area contributed by atoms with Crippen LogP contribution in [0.1, 0.15) is 48.3 Å². The molecule has 4 N–H and O–H groups in total. The summed E-state index contributed by atoms with van der Waals surface area (Å²) in [5.41, 5.74) is -0.778. The van der Waals surface area contributed by atoms with Crippen LogP contribution in [-0.4, -0.2) is 50.8 Å². The quantitative estimate of drug-likeness (QED) is 0.484. The lowest BCUT2D eigenvalue weighted by Crippen LogP contribution is -2.70. The van der Waals surface area contributed by atoms with E-state index in [1.54, 1.807) is 18.2 Å². The fourth-order valence-corrected chi connectivity index (χ4v) is 4.81. The van der Waals surface area contributed by atoms with Crippen LogP contribution in [0.15, 0.2) is 36.4 Å². The fourth-order valence-electron chi connectivity index (χ4n) is 4.69. The summed E-state index contributed by atoms with van der Waals surface area (Å²) in [4.78, 5) is 29.4. The van der Waals surface area contributed by atoms with Crippen molar-refractivity contribution in [1.82, 2.24) is 15.6 Å². The molecule has 1 unspecified atom stereocenters. The fraction of sp³-hybridized carbons (Fsp3) is 0.435. The SMILES string of the molecule is O=C(COc1ccc(Cl)c(F)c1)NC12CCC(NC(=O)c3cccc(CO)n3)(CC1)CC2O. The number of fused-ring (bicyclic) bond motifs is 3. The lowest BCUT2D eigenvalue weighted by molar-refractivity contribution is -0.132. The molecule has 3 fully saturated rings. The average molecular weight is 478 g/mol. The number of carbonyl (C=O) groups is 2. The van der Waals surface area contributed by atoms with Crippen molar-refractivity contribution < 1.29 is 28.9 Å². The molecule has 176 valence electrons. The molecule has 0 saturated heterocycles.